The Labute approximate surface area is 160 Å². The van der Waals surface area contributed by atoms with Gasteiger partial charge in [-0.1, -0.05) is 11.6 Å². The van der Waals surface area contributed by atoms with Crippen LogP contribution in [0.25, 0.3) is 10.1 Å². The average molecular weight is 409 g/mol. The molecule has 0 saturated heterocycles. The molecule has 2 aromatic heterocycles. The van der Waals surface area contributed by atoms with Crippen LogP contribution in [-0.2, 0) is 9.53 Å². The lowest BCUT2D eigenvalue weighted by molar-refractivity contribution is -0.122. The molecule has 132 valence electrons. The van der Waals surface area contributed by atoms with Crippen LogP contribution in [0.2, 0.25) is 5.02 Å². The molecule has 9 heteroatoms. The summed E-state index contributed by atoms with van der Waals surface area (Å²) >= 11 is 8.33. The minimum absolute atomic E-state index is 0.0821. The second kappa shape index (κ2) is 7.50. The van der Waals surface area contributed by atoms with Gasteiger partial charge in [-0.3, -0.25) is 4.79 Å². The number of halogens is 2. The Morgan fingerprint density at radius 1 is 1.46 bits per heavy atom. The normalized spacial score (nSPS) is 11.9. The smallest absolute Gasteiger partial charge is 0.350 e. The second-order valence-corrected chi connectivity index (χ2v) is 7.64. The number of aromatic nitrogens is 1. The molecule has 0 N–H and O–H groups in total. The highest BCUT2D eigenvalue weighted by molar-refractivity contribution is 7.21. The predicted octanol–water partition coefficient (Wildman–Crippen LogP) is 4.49. The molecule has 5 nitrogen and oxygen atoms in total. The van der Waals surface area contributed by atoms with Crippen molar-refractivity contribution in [2.45, 2.75) is 12.8 Å². The molecule has 0 amide bonds. The molecule has 26 heavy (non-hydrogen) atoms. The van der Waals surface area contributed by atoms with Crippen molar-refractivity contribution in [3.8, 4) is 6.07 Å². The summed E-state index contributed by atoms with van der Waals surface area (Å²) < 4.78 is 18.8. The Morgan fingerprint density at radius 3 is 2.88 bits per heavy atom. The van der Waals surface area contributed by atoms with Crippen LogP contribution in [-0.4, -0.2) is 23.3 Å². The summed E-state index contributed by atoms with van der Waals surface area (Å²) in [6.45, 7) is 1.18. The van der Waals surface area contributed by atoms with Gasteiger partial charge >= 0.3 is 5.97 Å². The van der Waals surface area contributed by atoms with E-state index in [1.807, 2.05) is 6.07 Å². The standard InChI is InChI=1S/C17H10ClFN2O3S2/c1-8-7-25-16(21-8)11(5-20)12(22)6-24-17(23)15-14(18)10-3-2-9(19)4-13(10)26-15/h2-4,7,11H,6H2,1H3. The fraction of sp³-hybridized carbons (Fsp3) is 0.176. The number of nitrogens with zero attached hydrogens (tertiary/aromatic N) is 2. The van der Waals surface area contributed by atoms with E-state index >= 15 is 0 Å². The zero-order valence-corrected chi connectivity index (χ0v) is 15.7. The zero-order chi connectivity index (χ0) is 18.8. The van der Waals surface area contributed by atoms with Crippen molar-refractivity contribution in [3.63, 3.8) is 0 Å². The van der Waals surface area contributed by atoms with Crippen LogP contribution in [0.1, 0.15) is 26.3 Å². The fourth-order valence-electron chi connectivity index (χ4n) is 2.23. The van der Waals surface area contributed by atoms with Crippen molar-refractivity contribution < 1.29 is 18.7 Å². The molecule has 0 fully saturated rings. The number of thiazole rings is 1. The van der Waals surface area contributed by atoms with E-state index in [9.17, 15) is 19.2 Å². The highest BCUT2D eigenvalue weighted by atomic mass is 35.5. The third-order valence-electron chi connectivity index (χ3n) is 3.46. The third kappa shape index (κ3) is 3.60. The van der Waals surface area contributed by atoms with E-state index in [0.29, 0.717) is 20.8 Å². The van der Waals surface area contributed by atoms with E-state index in [-0.39, 0.29) is 9.90 Å². The van der Waals surface area contributed by atoms with Crippen molar-refractivity contribution in [1.29, 1.82) is 5.26 Å². The predicted molar refractivity (Wildman–Crippen MR) is 97.3 cm³/mol. The van der Waals surface area contributed by atoms with Gasteiger partial charge in [0.2, 0.25) is 0 Å². The van der Waals surface area contributed by atoms with Gasteiger partial charge in [-0.25, -0.2) is 14.2 Å². The van der Waals surface area contributed by atoms with Crippen molar-refractivity contribution >= 4 is 56.1 Å². The molecule has 2 heterocycles. The summed E-state index contributed by atoms with van der Waals surface area (Å²) in [5, 5.41) is 12.0. The maximum Gasteiger partial charge on any atom is 0.350 e. The number of aryl methyl sites for hydroxylation is 1. The number of thiophene rings is 1. The number of carbonyl (C=O) groups excluding carboxylic acids is 2. The molecule has 0 aliphatic carbocycles. The average Bonchev–Trinajstić information content (AvgIpc) is 3.17. The Kier molecular flexibility index (Phi) is 5.32. The van der Waals surface area contributed by atoms with Crippen LogP contribution < -0.4 is 0 Å². The van der Waals surface area contributed by atoms with Crippen molar-refractivity contribution in [2.24, 2.45) is 0 Å². The van der Waals surface area contributed by atoms with Gasteiger partial charge in [0.25, 0.3) is 0 Å². The van der Waals surface area contributed by atoms with Crippen molar-refractivity contribution in [1.82, 2.24) is 4.98 Å². The molecule has 0 bridgehead atoms. The number of benzene rings is 1. The number of Topliss-reactive ketones (excluding diaryl/α,β-unsaturated/α-hetero) is 1. The van der Waals surface area contributed by atoms with E-state index in [2.05, 4.69) is 4.98 Å². The first-order valence-electron chi connectivity index (χ1n) is 7.29. The first-order chi connectivity index (χ1) is 12.4. The molecule has 0 aliphatic rings. The van der Waals surface area contributed by atoms with Crippen LogP contribution in [0.3, 0.4) is 0 Å². The number of esters is 1. The number of hydrogen-bond acceptors (Lipinski definition) is 7. The summed E-state index contributed by atoms with van der Waals surface area (Å²) in [4.78, 5) is 28.6. The number of ether oxygens (including phenoxy) is 1. The Bertz CT molecular complexity index is 1050. The van der Waals surface area contributed by atoms with Crippen LogP contribution in [0.4, 0.5) is 4.39 Å². The maximum absolute atomic E-state index is 13.3. The van der Waals surface area contributed by atoms with Gasteiger partial charge in [0.05, 0.1) is 11.1 Å². The number of nitriles is 1. The molecule has 3 aromatic rings. The van der Waals surface area contributed by atoms with Gasteiger partial charge < -0.3 is 4.74 Å². The van der Waals surface area contributed by atoms with E-state index in [4.69, 9.17) is 16.3 Å². The number of fused-ring (bicyclic) bond motifs is 1. The van der Waals surface area contributed by atoms with Gasteiger partial charge in [-0.05, 0) is 25.1 Å². The van der Waals surface area contributed by atoms with Crippen molar-refractivity contribution in [2.75, 3.05) is 6.61 Å². The van der Waals surface area contributed by atoms with E-state index < -0.39 is 30.1 Å². The lowest BCUT2D eigenvalue weighted by atomic mass is 10.1. The molecule has 0 aliphatic heterocycles. The molecular weight excluding hydrogens is 399 g/mol. The van der Waals surface area contributed by atoms with E-state index in [0.717, 1.165) is 11.3 Å². The summed E-state index contributed by atoms with van der Waals surface area (Å²) in [5.74, 6) is -2.90. The third-order valence-corrected chi connectivity index (χ3v) is 6.12. The largest absolute Gasteiger partial charge is 0.453 e. The van der Waals surface area contributed by atoms with Gasteiger partial charge in [0, 0.05) is 21.2 Å². The molecule has 0 spiro atoms. The second-order valence-electron chi connectivity index (χ2n) is 5.32. The van der Waals surface area contributed by atoms with Gasteiger partial charge in [-0.15, -0.1) is 22.7 Å². The molecular formula is C17H10ClFN2O3S2. The van der Waals surface area contributed by atoms with Gasteiger partial charge in [0.1, 0.15) is 15.7 Å². The Hall–Kier alpha value is -2.34. The maximum atomic E-state index is 13.3. The molecule has 0 radical (unpaired) electrons. The molecule has 1 atom stereocenters. The van der Waals surface area contributed by atoms with Crippen LogP contribution in [0.5, 0.6) is 0 Å². The Balaban J connectivity index is 1.73. The minimum Gasteiger partial charge on any atom is -0.453 e. The molecule has 3 rings (SSSR count). The summed E-state index contributed by atoms with van der Waals surface area (Å²) in [7, 11) is 0. The number of rotatable bonds is 5. The Morgan fingerprint density at radius 2 is 2.23 bits per heavy atom. The molecule has 0 saturated carbocycles. The van der Waals surface area contributed by atoms with E-state index in [1.165, 1.54) is 29.5 Å². The van der Waals surface area contributed by atoms with Gasteiger partial charge in [-0.2, -0.15) is 5.26 Å². The quantitative estimate of drug-likeness (QED) is 0.581. The van der Waals surface area contributed by atoms with E-state index in [1.54, 1.807) is 12.3 Å². The minimum atomic E-state index is -1.09. The van der Waals surface area contributed by atoms with Gasteiger partial charge in [0.15, 0.2) is 18.3 Å². The highest BCUT2D eigenvalue weighted by Gasteiger charge is 2.26. The topological polar surface area (TPSA) is 80.0 Å². The summed E-state index contributed by atoms with van der Waals surface area (Å²) in [6.07, 6.45) is 0. The van der Waals surface area contributed by atoms with Crippen LogP contribution in [0, 0.1) is 24.1 Å². The monoisotopic (exact) mass is 408 g/mol. The van der Waals surface area contributed by atoms with Crippen LogP contribution in [0.15, 0.2) is 23.6 Å². The molecule has 1 unspecified atom stereocenters. The first kappa shape index (κ1) is 18.5. The number of carbonyl (C=O) groups is 2. The zero-order valence-electron chi connectivity index (χ0n) is 13.3. The SMILES string of the molecule is Cc1csc(C(C#N)C(=O)COC(=O)c2sc3cc(F)ccc3c2Cl)n1. The summed E-state index contributed by atoms with van der Waals surface area (Å²) in [6, 6.07) is 5.86. The fourth-order valence-corrected chi connectivity index (χ4v) is 4.51. The molecule has 1 aromatic carbocycles. The first-order valence-corrected chi connectivity index (χ1v) is 9.37. The number of hydrogen-bond donors (Lipinski definition) is 0. The van der Waals surface area contributed by atoms with Crippen LogP contribution >= 0.6 is 34.3 Å². The highest BCUT2D eigenvalue weighted by Crippen LogP contribution is 2.36. The summed E-state index contributed by atoms with van der Waals surface area (Å²) in [5.41, 5.74) is 0.708. The lowest BCUT2D eigenvalue weighted by Gasteiger charge is -2.06. The number of ketones is 1. The van der Waals surface area contributed by atoms with Crippen molar-refractivity contribution in [3.05, 3.63) is 50.0 Å². The lowest BCUT2D eigenvalue weighted by Crippen LogP contribution is -2.19.